The molecule has 0 fully saturated rings. The number of carboxylic acid groups (broad SMARTS) is 7. The smallest absolute Gasteiger partial charge is 0.335 e. The summed E-state index contributed by atoms with van der Waals surface area (Å²) in [6.07, 6.45) is 19.0. The van der Waals surface area contributed by atoms with Crippen molar-refractivity contribution in [2.45, 2.75) is 86.2 Å². The Morgan fingerprint density at radius 2 is 0.763 bits per heavy atom. The van der Waals surface area contributed by atoms with Crippen LogP contribution in [0.1, 0.15) is 93.9 Å². The molecule has 0 saturated heterocycles. The van der Waals surface area contributed by atoms with E-state index in [1.54, 1.807) is 12.4 Å². The van der Waals surface area contributed by atoms with Crippen LogP contribution < -0.4 is 10.6 Å². The van der Waals surface area contributed by atoms with Gasteiger partial charge in [0.2, 0.25) is 11.8 Å². The number of nitrogens with zero attached hydrogens (tertiary/aromatic N) is 6. The van der Waals surface area contributed by atoms with E-state index in [1.807, 2.05) is 36.7 Å². The van der Waals surface area contributed by atoms with Gasteiger partial charge in [0.25, 0.3) is 29.8 Å². The van der Waals surface area contributed by atoms with E-state index in [0.29, 0.717) is 35.9 Å². The van der Waals surface area contributed by atoms with Crippen LogP contribution in [0.15, 0.2) is 111 Å². The number of hydrogen-bond acceptors (Lipinski definition) is 13. The summed E-state index contributed by atoms with van der Waals surface area (Å²) in [6, 6.07) is 13.9. The molecule has 0 aromatic carbocycles. The van der Waals surface area contributed by atoms with Crippen molar-refractivity contribution >= 4 is 75.4 Å². The fourth-order valence-electron chi connectivity index (χ4n) is 5.99. The van der Waals surface area contributed by atoms with Crippen molar-refractivity contribution in [2.24, 2.45) is 0 Å². The average molecular weight is 1060 g/mol. The average Bonchev–Trinajstić information content (AvgIpc) is 3.95. The number of rotatable bonds is 18. The number of unbranched alkanes of at least 4 members (excludes halogenated alkanes) is 4. The summed E-state index contributed by atoms with van der Waals surface area (Å²) < 4.78 is 4.30. The Labute approximate surface area is 437 Å². The van der Waals surface area contributed by atoms with Crippen LogP contribution in [-0.2, 0) is 46.7 Å². The quantitative estimate of drug-likeness (QED) is 0.0309. The van der Waals surface area contributed by atoms with E-state index in [9.17, 15) is 19.2 Å². The lowest BCUT2D eigenvalue weighted by atomic mass is 10.1. The summed E-state index contributed by atoms with van der Waals surface area (Å²) in [5.74, 6) is -6.41. The molecular formula is C52H64N8O16. The molecule has 0 aliphatic carbocycles. The van der Waals surface area contributed by atoms with Gasteiger partial charge in [0.1, 0.15) is 0 Å². The van der Waals surface area contributed by atoms with E-state index >= 15 is 0 Å². The molecule has 6 aromatic heterocycles. The molecule has 0 spiro atoms. The van der Waals surface area contributed by atoms with Crippen LogP contribution in [0.25, 0.3) is 44.6 Å². The van der Waals surface area contributed by atoms with Crippen LogP contribution in [0.3, 0.4) is 0 Å². The third-order valence-electron chi connectivity index (χ3n) is 8.97. The lowest BCUT2D eigenvalue weighted by Gasteiger charge is -2.07. The maximum atomic E-state index is 11.1. The molecule has 6 rings (SSSR count). The van der Waals surface area contributed by atoms with Crippen molar-refractivity contribution in [3.05, 3.63) is 122 Å². The molecule has 0 saturated carbocycles. The number of carbonyl (C=O) groups excluding carboxylic acids is 2. The first-order valence-electron chi connectivity index (χ1n) is 22.9. The predicted octanol–water partition coefficient (Wildman–Crippen LogP) is 6.99. The van der Waals surface area contributed by atoms with E-state index < -0.39 is 41.8 Å². The molecule has 0 atom stereocenters. The van der Waals surface area contributed by atoms with Gasteiger partial charge in [-0.25, -0.2) is 9.59 Å². The van der Waals surface area contributed by atoms with Crippen molar-refractivity contribution in [1.29, 1.82) is 0 Å². The highest BCUT2D eigenvalue weighted by atomic mass is 16.4. The second kappa shape index (κ2) is 37.2. The van der Waals surface area contributed by atoms with Crippen molar-refractivity contribution in [2.75, 3.05) is 13.1 Å². The van der Waals surface area contributed by atoms with Crippen LogP contribution in [0.2, 0.25) is 0 Å². The number of aliphatic carboxylic acids is 5. The van der Waals surface area contributed by atoms with Crippen LogP contribution in [0, 0.1) is 0 Å². The molecule has 24 nitrogen and oxygen atoms in total. The van der Waals surface area contributed by atoms with Gasteiger partial charge >= 0.3 is 11.9 Å². The number of hydrogen-bond donors (Lipinski definition) is 9. The Morgan fingerprint density at radius 3 is 1.05 bits per heavy atom. The highest BCUT2D eigenvalue weighted by Gasteiger charge is 2.11. The van der Waals surface area contributed by atoms with Gasteiger partial charge < -0.3 is 55.5 Å². The molecule has 0 aliphatic heterocycles. The summed E-state index contributed by atoms with van der Waals surface area (Å²) in [6.45, 7) is 15.3. The van der Waals surface area contributed by atoms with Crippen LogP contribution in [-0.4, -0.2) is 132 Å². The molecule has 0 radical (unpaired) electrons. The first-order valence-corrected chi connectivity index (χ1v) is 22.9. The van der Waals surface area contributed by atoms with Crippen molar-refractivity contribution < 1.29 is 78.9 Å². The number of carboxylic acids is 7. The van der Waals surface area contributed by atoms with Crippen LogP contribution in [0.5, 0.6) is 0 Å². The highest BCUT2D eigenvalue weighted by molar-refractivity contribution is 5.91. The maximum Gasteiger partial charge on any atom is 0.335 e. The molecule has 24 heteroatoms. The van der Waals surface area contributed by atoms with Crippen LogP contribution >= 0.6 is 0 Å². The first-order chi connectivity index (χ1) is 35.8. The maximum absolute atomic E-state index is 11.1. The molecule has 6 aromatic rings. The minimum atomic E-state index is -0.986. The number of pyridine rings is 4. The van der Waals surface area contributed by atoms with Gasteiger partial charge in [-0.2, -0.15) is 0 Å². The number of aryl methyl sites for hydroxylation is 2. The molecule has 0 bridgehead atoms. The third kappa shape index (κ3) is 30.3. The van der Waals surface area contributed by atoms with Gasteiger partial charge in [-0.3, -0.25) is 53.5 Å². The monoisotopic (exact) mass is 1060 g/mol. The third-order valence-corrected chi connectivity index (χ3v) is 8.97. The summed E-state index contributed by atoms with van der Waals surface area (Å²) in [5, 5.41) is 63.0. The fourth-order valence-corrected chi connectivity index (χ4v) is 5.99. The Morgan fingerprint density at radius 1 is 0.461 bits per heavy atom. The van der Waals surface area contributed by atoms with Gasteiger partial charge in [0, 0.05) is 96.4 Å². The molecule has 408 valence electrons. The van der Waals surface area contributed by atoms with Gasteiger partial charge in [-0.15, -0.1) is 0 Å². The Kier molecular flexibility index (Phi) is 32.5. The first kappa shape index (κ1) is 66.4. The fraction of sp³-hybridized carbons (Fsp3) is 0.288. The van der Waals surface area contributed by atoms with E-state index in [1.165, 1.54) is 48.8 Å². The molecule has 76 heavy (non-hydrogen) atoms. The zero-order chi connectivity index (χ0) is 57.8. The van der Waals surface area contributed by atoms with E-state index in [2.05, 4.69) is 52.9 Å². The van der Waals surface area contributed by atoms with E-state index in [-0.39, 0.29) is 22.9 Å². The second-order valence-electron chi connectivity index (χ2n) is 15.5. The summed E-state index contributed by atoms with van der Waals surface area (Å²) in [7, 11) is 0. The number of nitrogens with one attached hydrogen (secondary N) is 2. The zero-order valence-electron chi connectivity index (χ0n) is 42.7. The summed E-state index contributed by atoms with van der Waals surface area (Å²) in [4.78, 5) is 107. The van der Waals surface area contributed by atoms with Gasteiger partial charge in [-0.05, 0) is 99.2 Å². The lowest BCUT2D eigenvalue weighted by molar-refractivity contribution is -0.135. The SMILES string of the molecule is C=CC(=O)NCCCCCn1ccc2cc(-c3cc(C(=O)O)ccn3)ncc21.C=CC(=O)NCCCCCn1ccc2cc(-c3cc(C(=O)O)ccn3)ncc21.CC(=O)O.CC(=O)O.CC(=O)O.CC(=O)O.CC(=O)O. The van der Waals surface area contributed by atoms with Crippen molar-refractivity contribution in [1.82, 2.24) is 39.7 Å². The lowest BCUT2D eigenvalue weighted by Crippen LogP contribution is -2.21. The minimum Gasteiger partial charge on any atom is -0.481 e. The van der Waals surface area contributed by atoms with E-state index in [4.69, 9.17) is 59.7 Å². The number of amides is 2. The number of aromatic nitrogens is 6. The number of fused-ring (bicyclic) bond motifs is 2. The van der Waals surface area contributed by atoms with Gasteiger partial charge in [0.05, 0.1) is 57.3 Å². The minimum absolute atomic E-state index is 0.137. The van der Waals surface area contributed by atoms with Crippen molar-refractivity contribution in [3.63, 3.8) is 0 Å². The molecule has 9 N–H and O–H groups in total. The normalized spacial score (nSPS) is 9.54. The molecule has 2 amide bonds. The molecule has 0 unspecified atom stereocenters. The van der Waals surface area contributed by atoms with Crippen LogP contribution in [0.4, 0.5) is 0 Å². The Balaban J connectivity index is 0.00000109. The van der Waals surface area contributed by atoms with Gasteiger partial charge in [-0.1, -0.05) is 13.2 Å². The highest BCUT2D eigenvalue weighted by Crippen LogP contribution is 2.24. The largest absolute Gasteiger partial charge is 0.481 e. The van der Waals surface area contributed by atoms with Gasteiger partial charge in [0.15, 0.2) is 0 Å². The predicted molar refractivity (Wildman–Crippen MR) is 281 cm³/mol. The molecular weight excluding hydrogens is 993 g/mol. The van der Waals surface area contributed by atoms with Crippen molar-refractivity contribution in [3.8, 4) is 22.8 Å². The topological polar surface area (TPSA) is 381 Å². The number of carbonyl (C=O) groups is 9. The summed E-state index contributed by atoms with van der Waals surface area (Å²) in [5.41, 5.74) is 4.79. The molecule has 6 heterocycles. The molecule has 0 aliphatic rings. The Hall–Kier alpha value is -9.61. The zero-order valence-corrected chi connectivity index (χ0v) is 42.7. The Bertz CT molecular complexity index is 2640. The second-order valence-corrected chi connectivity index (χ2v) is 15.5. The standard InChI is InChI=1S/2C21H22N4O3.5C2H4O2/c2*1-2-20(26)23-8-4-3-5-10-25-11-7-15-12-18(24-14-19(15)25)17-13-16(21(27)28)6-9-22-17;5*1-2(3)4/h2*2,6-7,9,11-14H,1,3-5,8,10H2,(H,23,26)(H,27,28);5*1H3,(H,3,4). The van der Waals surface area contributed by atoms with E-state index in [0.717, 1.165) is 108 Å². The number of aromatic carboxylic acids is 2. The summed E-state index contributed by atoms with van der Waals surface area (Å²) >= 11 is 0.